The molecule has 0 spiro atoms. The number of nitrogens with zero attached hydrogens (tertiary/aromatic N) is 1. The molecule has 1 heterocycles. The number of fused-ring (bicyclic) bond motifs is 4. The van der Waals surface area contributed by atoms with Gasteiger partial charge in [0.05, 0.1) is 0 Å². The fourth-order valence-electron chi connectivity index (χ4n) is 7.00. The van der Waals surface area contributed by atoms with Crippen molar-refractivity contribution in [1.82, 2.24) is 4.98 Å². The van der Waals surface area contributed by atoms with Crippen LogP contribution in [0, 0.1) is 33.5 Å². The van der Waals surface area contributed by atoms with Crippen molar-refractivity contribution in [3.8, 4) is 0 Å². The number of anilines is 2. The van der Waals surface area contributed by atoms with Crippen LogP contribution in [0.4, 0.5) is 11.6 Å². The Balaban J connectivity index is 1.32. The van der Waals surface area contributed by atoms with Crippen molar-refractivity contribution in [2.45, 2.75) is 66.2 Å². The first kappa shape index (κ1) is 21.3. The second kappa shape index (κ2) is 6.49. The van der Waals surface area contributed by atoms with Crippen LogP contribution in [-0.2, 0) is 19.2 Å². The van der Waals surface area contributed by atoms with Crippen molar-refractivity contribution in [3.63, 3.8) is 0 Å². The molecular formula is C25H31N3O4. The molecule has 0 aromatic carbocycles. The van der Waals surface area contributed by atoms with E-state index >= 15 is 0 Å². The number of amides is 2. The first-order valence-corrected chi connectivity index (χ1v) is 11.6. The minimum Gasteiger partial charge on any atom is -0.310 e. The molecule has 7 nitrogen and oxygen atoms in total. The zero-order valence-corrected chi connectivity index (χ0v) is 19.2. The molecule has 1 aromatic rings. The fourth-order valence-corrected chi connectivity index (χ4v) is 7.00. The second-order valence-electron chi connectivity index (χ2n) is 11.5. The van der Waals surface area contributed by atoms with Gasteiger partial charge in [0.15, 0.2) is 11.6 Å². The lowest BCUT2D eigenvalue weighted by molar-refractivity contribution is -0.143. The maximum Gasteiger partial charge on any atom is 0.239 e. The highest BCUT2D eigenvalue weighted by molar-refractivity contribution is 6.16. The molecule has 2 N–H and O–H groups in total. The molecule has 170 valence electrons. The van der Waals surface area contributed by atoms with Gasteiger partial charge in [-0.2, -0.15) is 0 Å². The SMILES string of the molecule is CC1(C)C(=O)[C@@]2(C(=O)Nc3cccc(NC(=O)[C@@]45CC[C@@H](C4)C(C)(C)C5=O)n3)CC[C@H]1C2. The van der Waals surface area contributed by atoms with Gasteiger partial charge in [-0.05, 0) is 62.5 Å². The minimum atomic E-state index is -0.977. The monoisotopic (exact) mass is 437 g/mol. The van der Waals surface area contributed by atoms with Crippen LogP contribution in [0.15, 0.2) is 18.2 Å². The van der Waals surface area contributed by atoms with E-state index in [0.717, 1.165) is 12.8 Å². The van der Waals surface area contributed by atoms with Gasteiger partial charge in [0.25, 0.3) is 0 Å². The van der Waals surface area contributed by atoms with Crippen LogP contribution in [0.1, 0.15) is 66.2 Å². The topological polar surface area (TPSA) is 105 Å². The summed E-state index contributed by atoms with van der Waals surface area (Å²) in [6.07, 6.45) is 4.07. The molecular weight excluding hydrogens is 406 g/mol. The summed E-state index contributed by atoms with van der Waals surface area (Å²) in [6, 6.07) is 4.99. The Morgan fingerprint density at radius 3 is 1.56 bits per heavy atom. The zero-order valence-electron chi connectivity index (χ0n) is 19.2. The summed E-state index contributed by atoms with van der Waals surface area (Å²) < 4.78 is 0. The molecule has 4 fully saturated rings. The Morgan fingerprint density at radius 2 is 1.22 bits per heavy atom. The molecule has 2 amide bonds. The van der Waals surface area contributed by atoms with Gasteiger partial charge in [-0.3, -0.25) is 19.2 Å². The zero-order chi connectivity index (χ0) is 23.1. The Labute approximate surface area is 188 Å². The number of rotatable bonds is 4. The van der Waals surface area contributed by atoms with Gasteiger partial charge in [0, 0.05) is 10.8 Å². The van der Waals surface area contributed by atoms with Crippen molar-refractivity contribution >= 4 is 35.0 Å². The molecule has 32 heavy (non-hydrogen) atoms. The number of nitrogens with one attached hydrogen (secondary N) is 2. The van der Waals surface area contributed by atoms with Crippen LogP contribution >= 0.6 is 0 Å². The number of Topliss-reactive ketones (excluding diaryl/α,β-unsaturated/α-hetero) is 2. The number of pyridine rings is 1. The van der Waals surface area contributed by atoms with Gasteiger partial charge >= 0.3 is 0 Å². The van der Waals surface area contributed by atoms with E-state index in [1.807, 2.05) is 27.7 Å². The molecule has 4 aliphatic carbocycles. The number of hydrogen-bond acceptors (Lipinski definition) is 5. The number of ketones is 2. The van der Waals surface area contributed by atoms with E-state index in [1.165, 1.54) is 0 Å². The Kier molecular flexibility index (Phi) is 4.31. The van der Waals surface area contributed by atoms with Crippen molar-refractivity contribution in [1.29, 1.82) is 0 Å². The quantitative estimate of drug-likeness (QED) is 0.698. The van der Waals surface area contributed by atoms with Crippen LogP contribution in [0.3, 0.4) is 0 Å². The summed E-state index contributed by atoms with van der Waals surface area (Å²) >= 11 is 0. The molecule has 7 heteroatoms. The fraction of sp³-hybridized carbons (Fsp3) is 0.640. The number of hydrogen-bond donors (Lipinski definition) is 2. The van der Waals surface area contributed by atoms with E-state index in [1.54, 1.807) is 18.2 Å². The van der Waals surface area contributed by atoms with Crippen molar-refractivity contribution < 1.29 is 19.2 Å². The highest BCUT2D eigenvalue weighted by Gasteiger charge is 2.66. The van der Waals surface area contributed by atoms with Gasteiger partial charge in [-0.15, -0.1) is 0 Å². The molecule has 1 aromatic heterocycles. The van der Waals surface area contributed by atoms with Gasteiger partial charge < -0.3 is 10.6 Å². The van der Waals surface area contributed by atoms with Crippen LogP contribution in [0.2, 0.25) is 0 Å². The van der Waals surface area contributed by atoms with E-state index in [2.05, 4.69) is 15.6 Å². The second-order valence-corrected chi connectivity index (χ2v) is 11.5. The summed E-state index contributed by atoms with van der Waals surface area (Å²) in [6.45, 7) is 7.73. The smallest absolute Gasteiger partial charge is 0.239 e. The first-order chi connectivity index (χ1) is 14.9. The van der Waals surface area contributed by atoms with Crippen LogP contribution in [0.25, 0.3) is 0 Å². The predicted octanol–water partition coefficient (Wildman–Crippen LogP) is 3.75. The molecule has 4 aliphatic rings. The van der Waals surface area contributed by atoms with E-state index in [9.17, 15) is 19.2 Å². The Bertz CT molecular complexity index is 982. The normalized spacial score (nSPS) is 35.9. The lowest BCUT2D eigenvalue weighted by atomic mass is 9.70. The third kappa shape index (κ3) is 2.63. The average molecular weight is 438 g/mol. The van der Waals surface area contributed by atoms with Crippen molar-refractivity contribution in [2.24, 2.45) is 33.5 Å². The predicted molar refractivity (Wildman–Crippen MR) is 119 cm³/mol. The number of carbonyl (C=O) groups excluding carboxylic acids is 4. The molecule has 4 atom stereocenters. The van der Waals surface area contributed by atoms with Gasteiger partial charge in [-0.1, -0.05) is 33.8 Å². The number of aromatic nitrogens is 1. The molecule has 0 aliphatic heterocycles. The molecule has 0 radical (unpaired) electrons. The largest absolute Gasteiger partial charge is 0.310 e. The third-order valence-corrected chi connectivity index (χ3v) is 9.21. The van der Waals surface area contributed by atoms with E-state index < -0.39 is 21.7 Å². The summed E-state index contributed by atoms with van der Waals surface area (Å²) in [5, 5.41) is 5.64. The Hall–Kier alpha value is -2.57. The van der Waals surface area contributed by atoms with Gasteiger partial charge in [0.2, 0.25) is 11.8 Å². The third-order valence-electron chi connectivity index (χ3n) is 9.21. The van der Waals surface area contributed by atoms with Crippen LogP contribution < -0.4 is 10.6 Å². The van der Waals surface area contributed by atoms with Crippen LogP contribution in [-0.4, -0.2) is 28.4 Å². The molecule has 0 saturated heterocycles. The van der Waals surface area contributed by atoms with Crippen molar-refractivity contribution in [3.05, 3.63) is 18.2 Å². The Morgan fingerprint density at radius 1 is 0.812 bits per heavy atom. The molecule has 0 unspecified atom stereocenters. The minimum absolute atomic E-state index is 0.0143. The summed E-state index contributed by atoms with van der Waals surface area (Å²) in [4.78, 5) is 56.7. The summed E-state index contributed by atoms with van der Waals surface area (Å²) in [5.41, 5.74) is -2.90. The van der Waals surface area contributed by atoms with Gasteiger partial charge in [0.1, 0.15) is 22.5 Å². The lowest BCUT2D eigenvalue weighted by Gasteiger charge is -2.32. The summed E-state index contributed by atoms with van der Waals surface area (Å²) in [5.74, 6) is 0.476. The standard InChI is InChI=1S/C25H31N3O4/c1-22(2)14-8-10-24(12-14,18(22)29)20(31)27-16-6-5-7-17(26-16)28-21(32)25-11-9-15(13-25)23(3,4)19(25)30/h5-7,14-15H,8-13H2,1-4H3,(H2,26,27,28,31,32)/t14-,15-,24-,25+/m0/s1. The highest BCUT2D eigenvalue weighted by atomic mass is 16.2. The first-order valence-electron chi connectivity index (χ1n) is 11.6. The van der Waals surface area contributed by atoms with E-state index in [4.69, 9.17) is 0 Å². The summed E-state index contributed by atoms with van der Waals surface area (Å²) in [7, 11) is 0. The average Bonchev–Trinajstić information content (AvgIpc) is 3.46. The molecule has 4 bridgehead atoms. The van der Waals surface area contributed by atoms with Crippen molar-refractivity contribution in [2.75, 3.05) is 10.6 Å². The van der Waals surface area contributed by atoms with Crippen LogP contribution in [0.5, 0.6) is 0 Å². The van der Waals surface area contributed by atoms with E-state index in [0.29, 0.717) is 37.3 Å². The molecule has 4 saturated carbocycles. The lowest BCUT2D eigenvalue weighted by Crippen LogP contribution is -2.45. The van der Waals surface area contributed by atoms with Gasteiger partial charge in [-0.25, -0.2) is 4.98 Å². The number of carbonyl (C=O) groups is 4. The van der Waals surface area contributed by atoms with E-state index in [-0.39, 0.29) is 35.2 Å². The highest BCUT2D eigenvalue weighted by Crippen LogP contribution is 2.61. The molecule has 5 rings (SSSR count). The maximum atomic E-state index is 13.1. The maximum absolute atomic E-state index is 13.1.